The van der Waals surface area contributed by atoms with Crippen LogP contribution >= 0.6 is 23.5 Å². The van der Waals surface area contributed by atoms with E-state index < -0.39 is 8.32 Å². The Balaban J connectivity index is 2.19. The highest BCUT2D eigenvalue weighted by molar-refractivity contribution is 8.17. The van der Waals surface area contributed by atoms with Crippen LogP contribution in [0.5, 0.6) is 0 Å². The fourth-order valence-electron chi connectivity index (χ4n) is 2.32. The molecule has 1 fully saturated rings. The fourth-order valence-corrected chi connectivity index (χ4v) is 6.60. The standard InChI is InChI=1S/C18H36OS2Si/c1-7-16(19-22(5,6)18(2,3)4)12-9-8-10-13-17-20-14-11-15-21-17/h7,16-17H,1,8-15H2,2-6H3. The fraction of sp³-hybridized carbons (Fsp3) is 0.889. The minimum Gasteiger partial charge on any atom is -0.411 e. The van der Waals surface area contributed by atoms with Gasteiger partial charge in [0, 0.05) is 0 Å². The summed E-state index contributed by atoms with van der Waals surface area (Å²) in [7, 11) is -1.66. The molecule has 1 nitrogen and oxygen atoms in total. The van der Waals surface area contributed by atoms with Gasteiger partial charge in [0.15, 0.2) is 8.32 Å². The first kappa shape index (κ1) is 20.7. The van der Waals surface area contributed by atoms with Gasteiger partial charge in [-0.2, -0.15) is 0 Å². The first-order valence-electron chi connectivity index (χ1n) is 8.80. The van der Waals surface area contributed by atoms with Crippen molar-refractivity contribution in [2.45, 2.75) is 88.1 Å². The molecule has 1 saturated heterocycles. The van der Waals surface area contributed by atoms with Crippen molar-refractivity contribution in [2.24, 2.45) is 0 Å². The lowest BCUT2D eigenvalue weighted by Crippen LogP contribution is -2.43. The van der Waals surface area contributed by atoms with Gasteiger partial charge in [-0.25, -0.2) is 0 Å². The van der Waals surface area contributed by atoms with E-state index >= 15 is 0 Å². The first-order chi connectivity index (χ1) is 10.3. The van der Waals surface area contributed by atoms with Crippen molar-refractivity contribution in [2.75, 3.05) is 11.5 Å². The summed E-state index contributed by atoms with van der Waals surface area (Å²) < 4.78 is 7.33. The van der Waals surface area contributed by atoms with Crippen LogP contribution in [0.2, 0.25) is 18.1 Å². The Kier molecular flexibility index (Phi) is 9.21. The Hall–Kier alpha value is 0.617. The predicted molar refractivity (Wildman–Crippen MR) is 109 cm³/mol. The van der Waals surface area contributed by atoms with Crippen LogP contribution in [0.4, 0.5) is 0 Å². The Bertz CT molecular complexity index is 320. The molecule has 22 heavy (non-hydrogen) atoms. The van der Waals surface area contributed by atoms with E-state index in [0.717, 1.165) is 11.0 Å². The quantitative estimate of drug-likeness (QED) is 0.257. The molecule has 0 spiro atoms. The van der Waals surface area contributed by atoms with Gasteiger partial charge < -0.3 is 4.43 Å². The normalized spacial score (nSPS) is 19.1. The molecule has 1 rings (SSSR count). The molecule has 0 aromatic carbocycles. The van der Waals surface area contributed by atoms with Crippen molar-refractivity contribution in [1.82, 2.24) is 0 Å². The second-order valence-electron chi connectivity index (χ2n) is 7.82. The number of hydrogen-bond donors (Lipinski definition) is 0. The van der Waals surface area contributed by atoms with Crippen LogP contribution in [-0.2, 0) is 4.43 Å². The van der Waals surface area contributed by atoms with Crippen molar-refractivity contribution in [3.05, 3.63) is 12.7 Å². The second-order valence-corrected chi connectivity index (χ2v) is 15.5. The largest absolute Gasteiger partial charge is 0.411 e. The van der Waals surface area contributed by atoms with E-state index in [0.29, 0.717) is 0 Å². The third kappa shape index (κ3) is 7.46. The van der Waals surface area contributed by atoms with Gasteiger partial charge in [0.05, 0.1) is 10.7 Å². The minimum atomic E-state index is -1.66. The van der Waals surface area contributed by atoms with Gasteiger partial charge in [0.25, 0.3) is 0 Å². The molecule has 0 bridgehead atoms. The van der Waals surface area contributed by atoms with E-state index in [9.17, 15) is 0 Å². The zero-order valence-corrected chi connectivity index (χ0v) is 18.0. The number of rotatable bonds is 9. The summed E-state index contributed by atoms with van der Waals surface area (Å²) in [6.07, 6.45) is 10.2. The molecule has 1 aliphatic rings. The lowest BCUT2D eigenvalue weighted by molar-refractivity contribution is 0.211. The van der Waals surface area contributed by atoms with Crippen LogP contribution in [-0.4, -0.2) is 30.5 Å². The molecular formula is C18H36OS2Si. The molecule has 0 aliphatic carbocycles. The van der Waals surface area contributed by atoms with Crippen molar-refractivity contribution in [3.8, 4) is 0 Å². The van der Waals surface area contributed by atoms with Gasteiger partial charge in [-0.15, -0.1) is 30.1 Å². The van der Waals surface area contributed by atoms with Crippen LogP contribution in [0.1, 0.15) is 59.3 Å². The molecule has 0 aromatic heterocycles. The maximum Gasteiger partial charge on any atom is 0.192 e. The van der Waals surface area contributed by atoms with E-state index in [1.807, 2.05) is 6.08 Å². The van der Waals surface area contributed by atoms with Crippen molar-refractivity contribution in [1.29, 1.82) is 0 Å². The van der Waals surface area contributed by atoms with Crippen LogP contribution in [0.25, 0.3) is 0 Å². The summed E-state index contributed by atoms with van der Waals surface area (Å²) in [5, 5.41) is 0.281. The SMILES string of the molecule is C=CC(CCCCCC1SCCCS1)O[Si](C)(C)C(C)(C)C. The van der Waals surface area contributed by atoms with E-state index in [-0.39, 0.29) is 11.1 Å². The van der Waals surface area contributed by atoms with Crippen LogP contribution in [0, 0.1) is 0 Å². The summed E-state index contributed by atoms with van der Waals surface area (Å²) in [5.41, 5.74) is 0. The van der Waals surface area contributed by atoms with Crippen molar-refractivity contribution >= 4 is 31.8 Å². The molecule has 1 aliphatic heterocycles. The van der Waals surface area contributed by atoms with Gasteiger partial charge >= 0.3 is 0 Å². The zero-order valence-electron chi connectivity index (χ0n) is 15.3. The number of unbranched alkanes of at least 4 members (excludes halogenated alkanes) is 2. The smallest absolute Gasteiger partial charge is 0.192 e. The molecule has 1 atom stereocenters. The molecule has 0 aromatic rings. The zero-order chi connectivity index (χ0) is 16.6. The van der Waals surface area contributed by atoms with Crippen LogP contribution in [0.15, 0.2) is 12.7 Å². The van der Waals surface area contributed by atoms with Crippen LogP contribution < -0.4 is 0 Å². The summed E-state index contributed by atoms with van der Waals surface area (Å²) >= 11 is 4.34. The summed E-state index contributed by atoms with van der Waals surface area (Å²) in [4.78, 5) is 0. The van der Waals surface area contributed by atoms with Gasteiger partial charge in [-0.1, -0.05) is 46.1 Å². The molecule has 4 heteroatoms. The Morgan fingerprint density at radius 3 is 2.36 bits per heavy atom. The third-order valence-electron chi connectivity index (χ3n) is 4.84. The maximum absolute atomic E-state index is 6.46. The van der Waals surface area contributed by atoms with Crippen molar-refractivity contribution in [3.63, 3.8) is 0 Å². The monoisotopic (exact) mass is 360 g/mol. The van der Waals surface area contributed by atoms with Gasteiger partial charge in [-0.3, -0.25) is 0 Å². The average Bonchev–Trinajstić information content (AvgIpc) is 2.45. The molecule has 0 amide bonds. The summed E-state index contributed by atoms with van der Waals surface area (Å²) in [5.74, 6) is 2.74. The van der Waals surface area contributed by atoms with E-state index in [2.05, 4.69) is 64.0 Å². The third-order valence-corrected chi connectivity index (χ3v) is 12.4. The van der Waals surface area contributed by atoms with Gasteiger partial charge in [-0.05, 0) is 48.9 Å². The predicted octanol–water partition coefficient (Wildman–Crippen LogP) is 6.71. The molecule has 0 radical (unpaired) electrons. The van der Waals surface area contributed by atoms with E-state index in [1.165, 1.54) is 43.6 Å². The Morgan fingerprint density at radius 1 is 1.18 bits per heavy atom. The van der Waals surface area contributed by atoms with E-state index in [1.54, 1.807) is 0 Å². The molecule has 130 valence electrons. The average molecular weight is 361 g/mol. The minimum absolute atomic E-state index is 0.249. The summed E-state index contributed by atoms with van der Waals surface area (Å²) in [6, 6.07) is 0. The van der Waals surface area contributed by atoms with Crippen molar-refractivity contribution < 1.29 is 4.43 Å². The molecule has 1 heterocycles. The second kappa shape index (κ2) is 9.80. The number of hydrogen-bond acceptors (Lipinski definition) is 3. The van der Waals surface area contributed by atoms with Gasteiger partial charge in [0.2, 0.25) is 0 Å². The van der Waals surface area contributed by atoms with E-state index in [4.69, 9.17) is 4.43 Å². The molecule has 0 N–H and O–H groups in total. The summed E-state index contributed by atoms with van der Waals surface area (Å²) in [6.45, 7) is 15.6. The lowest BCUT2D eigenvalue weighted by Gasteiger charge is -2.38. The number of thioether (sulfide) groups is 2. The lowest BCUT2D eigenvalue weighted by atomic mass is 10.1. The molecule has 1 unspecified atom stereocenters. The highest BCUT2D eigenvalue weighted by Crippen LogP contribution is 2.38. The van der Waals surface area contributed by atoms with Gasteiger partial charge in [0.1, 0.15) is 0 Å². The Morgan fingerprint density at radius 2 is 1.82 bits per heavy atom. The molecule has 0 saturated carbocycles. The highest BCUT2D eigenvalue weighted by Gasteiger charge is 2.38. The molecular weight excluding hydrogens is 324 g/mol. The topological polar surface area (TPSA) is 9.23 Å². The first-order valence-corrected chi connectivity index (χ1v) is 13.8. The Labute approximate surface area is 148 Å². The van der Waals surface area contributed by atoms with Crippen LogP contribution in [0.3, 0.4) is 0 Å². The highest BCUT2D eigenvalue weighted by atomic mass is 32.2. The maximum atomic E-state index is 6.46.